The van der Waals surface area contributed by atoms with Crippen LogP contribution >= 0.6 is 0 Å². The minimum absolute atomic E-state index is 0.132. The summed E-state index contributed by atoms with van der Waals surface area (Å²) in [7, 11) is 0.255. The first-order chi connectivity index (χ1) is 10.4. The number of hydrogen-bond acceptors (Lipinski definition) is 4. The predicted octanol–water partition coefficient (Wildman–Crippen LogP) is 3.01. The topological polar surface area (TPSA) is 46.6 Å². The molecule has 0 amide bonds. The monoisotopic (exact) mass is 319 g/mol. The van der Waals surface area contributed by atoms with Gasteiger partial charge in [-0.2, -0.15) is 8.42 Å². The van der Waals surface area contributed by atoms with Crippen molar-refractivity contribution in [1.29, 1.82) is 0 Å². The van der Waals surface area contributed by atoms with Crippen molar-refractivity contribution in [3.63, 3.8) is 0 Å². The fraction of sp³-hybridized carbons (Fsp3) is 0.294. The Morgan fingerprint density at radius 1 is 1.05 bits per heavy atom. The molecule has 0 aliphatic heterocycles. The summed E-state index contributed by atoms with van der Waals surface area (Å²) in [6.07, 6.45) is 0.548. The molecule has 0 N–H and O–H groups in total. The van der Waals surface area contributed by atoms with Crippen LogP contribution in [0.3, 0.4) is 0 Å². The highest BCUT2D eigenvalue weighted by Gasteiger charge is 2.14. The maximum absolute atomic E-state index is 12.1. The van der Waals surface area contributed by atoms with Gasteiger partial charge < -0.3 is 4.90 Å². The molecule has 22 heavy (non-hydrogen) atoms. The molecule has 0 heterocycles. The second-order valence-corrected chi connectivity index (χ2v) is 7.02. The minimum atomic E-state index is -3.68. The maximum atomic E-state index is 12.1. The minimum Gasteiger partial charge on any atom is -0.378 e. The number of benzene rings is 2. The highest BCUT2D eigenvalue weighted by atomic mass is 32.2. The average Bonchev–Trinajstić information content (AvgIpc) is 2.48. The Morgan fingerprint density at radius 3 is 2.36 bits per heavy atom. The lowest BCUT2D eigenvalue weighted by Gasteiger charge is -2.13. The van der Waals surface area contributed by atoms with E-state index in [1.807, 2.05) is 50.2 Å². The van der Waals surface area contributed by atoms with Gasteiger partial charge in [0, 0.05) is 19.8 Å². The van der Waals surface area contributed by atoms with Crippen LogP contribution in [0.4, 0.5) is 5.69 Å². The standard InChI is InChI=1S/C17H21NO3S/c1-14-7-9-17(10-8-14)22(19,20)21-12-11-15-5-4-6-16(13-15)18(2)3/h4-10,13H,11-12H2,1-3H3. The average molecular weight is 319 g/mol. The van der Waals surface area contributed by atoms with Gasteiger partial charge in [0.1, 0.15) is 0 Å². The Kier molecular flexibility index (Phi) is 5.21. The van der Waals surface area contributed by atoms with Crippen LogP contribution in [0.25, 0.3) is 0 Å². The van der Waals surface area contributed by atoms with Gasteiger partial charge in [-0.3, -0.25) is 4.18 Å². The summed E-state index contributed by atoms with van der Waals surface area (Å²) in [6.45, 7) is 2.04. The van der Waals surface area contributed by atoms with Crippen molar-refractivity contribution in [2.75, 3.05) is 25.6 Å². The summed E-state index contributed by atoms with van der Waals surface area (Å²) in [5, 5.41) is 0. The molecule has 2 aromatic rings. The number of anilines is 1. The van der Waals surface area contributed by atoms with Gasteiger partial charge in [-0.1, -0.05) is 29.8 Å². The van der Waals surface area contributed by atoms with E-state index in [1.54, 1.807) is 24.3 Å². The number of nitrogens with zero attached hydrogens (tertiary/aromatic N) is 1. The van der Waals surface area contributed by atoms with Crippen molar-refractivity contribution in [3.05, 3.63) is 59.7 Å². The zero-order valence-corrected chi connectivity index (χ0v) is 13.9. The lowest BCUT2D eigenvalue weighted by Crippen LogP contribution is -2.11. The summed E-state index contributed by atoms with van der Waals surface area (Å²) in [6, 6.07) is 14.6. The molecule has 2 aromatic carbocycles. The molecule has 5 heteroatoms. The van der Waals surface area contributed by atoms with Crippen molar-refractivity contribution in [2.24, 2.45) is 0 Å². The van der Waals surface area contributed by atoms with Gasteiger partial charge in [-0.25, -0.2) is 0 Å². The largest absolute Gasteiger partial charge is 0.378 e. The van der Waals surface area contributed by atoms with Gasteiger partial charge in [-0.15, -0.1) is 0 Å². The third-order valence-corrected chi connectivity index (χ3v) is 4.69. The fourth-order valence-electron chi connectivity index (χ4n) is 2.03. The molecule has 0 saturated carbocycles. The third-order valence-electron chi connectivity index (χ3n) is 3.37. The number of rotatable bonds is 6. The Balaban J connectivity index is 1.98. The third kappa shape index (κ3) is 4.32. The predicted molar refractivity (Wildman–Crippen MR) is 88.8 cm³/mol. The van der Waals surface area contributed by atoms with E-state index in [0.717, 1.165) is 16.8 Å². The Labute approximate surface area is 132 Å². The normalized spacial score (nSPS) is 11.4. The van der Waals surface area contributed by atoms with E-state index in [-0.39, 0.29) is 11.5 Å². The van der Waals surface area contributed by atoms with Gasteiger partial charge in [-0.05, 0) is 43.2 Å². The molecule has 0 bridgehead atoms. The van der Waals surface area contributed by atoms with Crippen molar-refractivity contribution >= 4 is 15.8 Å². The number of hydrogen-bond donors (Lipinski definition) is 0. The summed E-state index contributed by atoms with van der Waals surface area (Å²) >= 11 is 0. The van der Waals surface area contributed by atoms with Crippen molar-refractivity contribution in [2.45, 2.75) is 18.2 Å². The van der Waals surface area contributed by atoms with E-state index in [2.05, 4.69) is 0 Å². The van der Waals surface area contributed by atoms with E-state index in [4.69, 9.17) is 4.18 Å². The molecule has 0 aromatic heterocycles. The van der Waals surface area contributed by atoms with E-state index in [0.29, 0.717) is 6.42 Å². The quantitative estimate of drug-likeness (QED) is 0.768. The molecular weight excluding hydrogens is 298 g/mol. The van der Waals surface area contributed by atoms with Crippen LogP contribution in [0.15, 0.2) is 53.4 Å². The molecule has 0 fully saturated rings. The molecule has 0 unspecified atom stereocenters. The molecule has 2 rings (SSSR count). The molecule has 0 saturated heterocycles. The van der Waals surface area contributed by atoms with Gasteiger partial charge >= 0.3 is 0 Å². The Bertz CT molecular complexity index is 722. The van der Waals surface area contributed by atoms with E-state index in [1.165, 1.54) is 0 Å². The lowest BCUT2D eigenvalue weighted by atomic mass is 10.1. The molecule has 0 radical (unpaired) electrons. The van der Waals surface area contributed by atoms with Gasteiger partial charge in [0.25, 0.3) is 10.1 Å². The van der Waals surface area contributed by atoms with E-state index >= 15 is 0 Å². The molecule has 0 aliphatic carbocycles. The Morgan fingerprint density at radius 2 is 1.73 bits per heavy atom. The van der Waals surface area contributed by atoms with Crippen molar-refractivity contribution in [1.82, 2.24) is 0 Å². The number of aryl methyl sites for hydroxylation is 1. The first-order valence-electron chi connectivity index (χ1n) is 7.11. The van der Waals surface area contributed by atoms with Gasteiger partial charge in [0.05, 0.1) is 11.5 Å². The molecular formula is C17H21NO3S. The second-order valence-electron chi connectivity index (χ2n) is 5.40. The zero-order chi connectivity index (χ0) is 16.2. The van der Waals surface area contributed by atoms with Crippen molar-refractivity contribution in [3.8, 4) is 0 Å². The van der Waals surface area contributed by atoms with Crippen LogP contribution in [-0.4, -0.2) is 29.1 Å². The summed E-state index contributed by atoms with van der Waals surface area (Å²) < 4.78 is 29.3. The van der Waals surface area contributed by atoms with Crippen LogP contribution in [0.5, 0.6) is 0 Å². The fourth-order valence-corrected chi connectivity index (χ4v) is 2.94. The van der Waals surface area contributed by atoms with Gasteiger partial charge in [0.2, 0.25) is 0 Å². The molecule has 0 spiro atoms. The molecule has 0 atom stereocenters. The summed E-state index contributed by atoms with van der Waals surface area (Å²) in [4.78, 5) is 2.20. The van der Waals surface area contributed by atoms with Gasteiger partial charge in [0.15, 0.2) is 0 Å². The zero-order valence-electron chi connectivity index (χ0n) is 13.1. The summed E-state index contributed by atoms with van der Waals surface area (Å²) in [5.41, 5.74) is 3.14. The maximum Gasteiger partial charge on any atom is 0.296 e. The lowest BCUT2D eigenvalue weighted by molar-refractivity contribution is 0.322. The molecule has 0 aliphatic rings. The van der Waals surface area contributed by atoms with Crippen LogP contribution in [0.2, 0.25) is 0 Å². The van der Waals surface area contributed by atoms with Crippen molar-refractivity contribution < 1.29 is 12.6 Å². The van der Waals surface area contributed by atoms with Crippen LogP contribution in [0, 0.1) is 6.92 Å². The van der Waals surface area contributed by atoms with Crippen LogP contribution in [0.1, 0.15) is 11.1 Å². The molecule has 4 nitrogen and oxygen atoms in total. The van der Waals surface area contributed by atoms with Crippen LogP contribution in [-0.2, 0) is 20.7 Å². The highest BCUT2D eigenvalue weighted by Crippen LogP contribution is 2.16. The molecule has 118 valence electrons. The summed E-state index contributed by atoms with van der Waals surface area (Å²) in [5.74, 6) is 0. The van der Waals surface area contributed by atoms with Crippen LogP contribution < -0.4 is 4.90 Å². The first-order valence-corrected chi connectivity index (χ1v) is 8.52. The Hall–Kier alpha value is -1.85. The van der Waals surface area contributed by atoms with E-state index in [9.17, 15) is 8.42 Å². The smallest absolute Gasteiger partial charge is 0.296 e. The highest BCUT2D eigenvalue weighted by molar-refractivity contribution is 7.86. The SMILES string of the molecule is Cc1ccc(S(=O)(=O)OCCc2cccc(N(C)C)c2)cc1. The second kappa shape index (κ2) is 6.94. The van der Waals surface area contributed by atoms with E-state index < -0.39 is 10.1 Å². The first kappa shape index (κ1) is 16.5.